The van der Waals surface area contributed by atoms with Gasteiger partial charge in [-0.1, -0.05) is 30.3 Å². The van der Waals surface area contributed by atoms with Gasteiger partial charge in [0, 0.05) is 17.4 Å². The molecule has 0 saturated heterocycles. The lowest BCUT2D eigenvalue weighted by Gasteiger charge is -2.09. The molecule has 0 unspecified atom stereocenters. The molecule has 0 radical (unpaired) electrons. The van der Waals surface area contributed by atoms with Gasteiger partial charge in [-0.3, -0.25) is 0 Å². The van der Waals surface area contributed by atoms with E-state index < -0.39 is 15.8 Å². The van der Waals surface area contributed by atoms with Crippen LogP contribution in [0.15, 0.2) is 59.5 Å². The summed E-state index contributed by atoms with van der Waals surface area (Å²) in [5, 5.41) is 4.47. The lowest BCUT2D eigenvalue weighted by atomic mass is 10.1. The quantitative estimate of drug-likeness (QED) is 0.630. The Kier molecular flexibility index (Phi) is 5.14. The zero-order valence-corrected chi connectivity index (χ0v) is 16.2. The molecule has 0 amide bonds. The summed E-state index contributed by atoms with van der Waals surface area (Å²) in [7, 11) is -3.29. The summed E-state index contributed by atoms with van der Waals surface area (Å²) in [6.07, 6.45) is 1.17. The second-order valence-electron chi connectivity index (χ2n) is 6.09. The molecule has 0 N–H and O–H groups in total. The van der Waals surface area contributed by atoms with Crippen molar-refractivity contribution in [3.05, 3.63) is 65.9 Å². The number of rotatable bonds is 5. The minimum Gasteiger partial charge on any atom is -0.461 e. The third-order valence-corrected chi connectivity index (χ3v) is 5.28. The lowest BCUT2D eigenvalue weighted by Crippen LogP contribution is -2.07. The van der Waals surface area contributed by atoms with Crippen LogP contribution in [-0.2, 0) is 14.6 Å². The second kappa shape index (κ2) is 7.36. The minimum absolute atomic E-state index is 0.236. The number of sulfone groups is 1. The van der Waals surface area contributed by atoms with E-state index in [2.05, 4.69) is 5.10 Å². The molecule has 3 rings (SSSR count). The SMILES string of the molecule is CCOC(=O)c1nn(-c2ccccc2)c(-c2ccc(S(C)(=O)=O)cc2)c1C. The number of benzene rings is 2. The molecule has 3 aromatic rings. The van der Waals surface area contributed by atoms with E-state index in [1.54, 1.807) is 42.8 Å². The Morgan fingerprint density at radius 2 is 1.70 bits per heavy atom. The van der Waals surface area contributed by atoms with Crippen molar-refractivity contribution in [1.82, 2.24) is 9.78 Å². The number of carbonyl (C=O) groups excluding carboxylic acids is 1. The largest absolute Gasteiger partial charge is 0.461 e. The fourth-order valence-electron chi connectivity index (χ4n) is 2.84. The first kappa shape index (κ1) is 18.8. The van der Waals surface area contributed by atoms with E-state index in [4.69, 9.17) is 4.74 Å². The Morgan fingerprint density at radius 1 is 1.07 bits per heavy atom. The average Bonchev–Trinajstić information content (AvgIpc) is 2.99. The van der Waals surface area contributed by atoms with Crippen molar-refractivity contribution in [3.63, 3.8) is 0 Å². The third kappa shape index (κ3) is 3.78. The molecule has 0 saturated carbocycles. The number of aromatic nitrogens is 2. The number of carbonyl (C=O) groups is 1. The molecule has 0 atom stereocenters. The lowest BCUT2D eigenvalue weighted by molar-refractivity contribution is 0.0518. The van der Waals surface area contributed by atoms with E-state index in [1.807, 2.05) is 30.3 Å². The van der Waals surface area contributed by atoms with Crippen LogP contribution in [0.25, 0.3) is 16.9 Å². The van der Waals surface area contributed by atoms with Crippen molar-refractivity contribution in [3.8, 4) is 16.9 Å². The Balaban J connectivity index is 2.20. The molecule has 7 heteroatoms. The van der Waals surface area contributed by atoms with Gasteiger partial charge in [0.15, 0.2) is 15.5 Å². The van der Waals surface area contributed by atoms with Gasteiger partial charge >= 0.3 is 5.97 Å². The third-order valence-electron chi connectivity index (χ3n) is 4.15. The van der Waals surface area contributed by atoms with Gasteiger partial charge in [-0.25, -0.2) is 17.9 Å². The number of para-hydroxylation sites is 1. The van der Waals surface area contributed by atoms with Gasteiger partial charge in [0.05, 0.1) is 22.9 Å². The summed E-state index contributed by atoms with van der Waals surface area (Å²) in [4.78, 5) is 12.5. The summed E-state index contributed by atoms with van der Waals surface area (Å²) in [5.74, 6) is -0.487. The van der Waals surface area contributed by atoms with Gasteiger partial charge in [0.1, 0.15) is 0 Å². The monoisotopic (exact) mass is 384 g/mol. The molecule has 140 valence electrons. The van der Waals surface area contributed by atoms with E-state index in [-0.39, 0.29) is 17.2 Å². The van der Waals surface area contributed by atoms with Crippen LogP contribution in [0.3, 0.4) is 0 Å². The highest BCUT2D eigenvalue weighted by Crippen LogP contribution is 2.30. The van der Waals surface area contributed by atoms with E-state index in [9.17, 15) is 13.2 Å². The summed E-state index contributed by atoms with van der Waals surface area (Å²) < 4.78 is 30.2. The molecule has 0 spiro atoms. The zero-order valence-electron chi connectivity index (χ0n) is 15.3. The first-order chi connectivity index (χ1) is 12.8. The Bertz CT molecular complexity index is 1070. The van der Waals surface area contributed by atoms with Gasteiger partial charge in [-0.15, -0.1) is 0 Å². The Hall–Kier alpha value is -2.93. The van der Waals surface area contributed by atoms with Gasteiger partial charge in [0.2, 0.25) is 0 Å². The summed E-state index contributed by atoms with van der Waals surface area (Å²) >= 11 is 0. The van der Waals surface area contributed by atoms with Crippen LogP contribution >= 0.6 is 0 Å². The number of esters is 1. The fourth-order valence-corrected chi connectivity index (χ4v) is 3.47. The highest BCUT2D eigenvalue weighted by Gasteiger charge is 2.23. The molecule has 0 bridgehead atoms. The molecule has 0 aliphatic rings. The summed E-state index contributed by atoms with van der Waals surface area (Å²) in [6.45, 7) is 3.81. The van der Waals surface area contributed by atoms with E-state index in [0.29, 0.717) is 11.3 Å². The fraction of sp³-hybridized carbons (Fsp3) is 0.200. The van der Waals surface area contributed by atoms with Crippen LogP contribution in [0.1, 0.15) is 23.0 Å². The first-order valence-corrected chi connectivity index (χ1v) is 10.3. The topological polar surface area (TPSA) is 78.3 Å². The normalized spacial score (nSPS) is 11.4. The zero-order chi connectivity index (χ0) is 19.6. The maximum absolute atomic E-state index is 12.3. The van der Waals surface area contributed by atoms with Gasteiger partial charge in [0.25, 0.3) is 0 Å². The minimum atomic E-state index is -3.29. The molecule has 0 fully saturated rings. The summed E-state index contributed by atoms with van der Waals surface area (Å²) in [6, 6.07) is 16.0. The molecular formula is C20H20N2O4S. The van der Waals surface area contributed by atoms with Crippen molar-refractivity contribution in [2.75, 3.05) is 12.9 Å². The van der Waals surface area contributed by atoms with Crippen LogP contribution in [0.2, 0.25) is 0 Å². The predicted molar refractivity (Wildman–Crippen MR) is 103 cm³/mol. The van der Waals surface area contributed by atoms with Crippen LogP contribution in [-0.4, -0.2) is 37.0 Å². The number of nitrogens with zero attached hydrogens (tertiary/aromatic N) is 2. The number of hydrogen-bond acceptors (Lipinski definition) is 5. The molecule has 2 aromatic carbocycles. The standard InChI is InChI=1S/C20H20N2O4S/c1-4-26-20(23)18-14(2)19(22(21-18)16-8-6-5-7-9-16)15-10-12-17(13-11-15)27(3,24)25/h5-13H,4H2,1-3H3. The molecule has 1 heterocycles. The predicted octanol–water partition coefficient (Wildman–Crippen LogP) is 3.43. The smallest absolute Gasteiger partial charge is 0.359 e. The van der Waals surface area contributed by atoms with Crippen molar-refractivity contribution in [1.29, 1.82) is 0 Å². The van der Waals surface area contributed by atoms with Crippen LogP contribution < -0.4 is 0 Å². The maximum Gasteiger partial charge on any atom is 0.359 e. The van der Waals surface area contributed by atoms with Crippen molar-refractivity contribution >= 4 is 15.8 Å². The number of hydrogen-bond donors (Lipinski definition) is 0. The van der Waals surface area contributed by atoms with Gasteiger partial charge < -0.3 is 4.74 Å². The van der Waals surface area contributed by atoms with Crippen LogP contribution in [0.4, 0.5) is 0 Å². The van der Waals surface area contributed by atoms with E-state index in [1.165, 1.54) is 6.26 Å². The average molecular weight is 384 g/mol. The molecular weight excluding hydrogens is 364 g/mol. The highest BCUT2D eigenvalue weighted by molar-refractivity contribution is 7.90. The Morgan fingerprint density at radius 3 is 2.26 bits per heavy atom. The van der Waals surface area contributed by atoms with Gasteiger partial charge in [-0.2, -0.15) is 5.10 Å². The molecule has 6 nitrogen and oxygen atoms in total. The molecule has 0 aliphatic heterocycles. The molecule has 0 aliphatic carbocycles. The van der Waals surface area contributed by atoms with E-state index in [0.717, 1.165) is 11.3 Å². The van der Waals surface area contributed by atoms with Crippen molar-refractivity contribution in [2.24, 2.45) is 0 Å². The Labute approximate surface area is 158 Å². The van der Waals surface area contributed by atoms with Crippen LogP contribution in [0.5, 0.6) is 0 Å². The van der Waals surface area contributed by atoms with E-state index >= 15 is 0 Å². The summed E-state index contributed by atoms with van der Waals surface area (Å²) in [5.41, 5.74) is 3.17. The second-order valence-corrected chi connectivity index (χ2v) is 8.10. The molecule has 1 aromatic heterocycles. The highest BCUT2D eigenvalue weighted by atomic mass is 32.2. The van der Waals surface area contributed by atoms with Crippen molar-refractivity contribution in [2.45, 2.75) is 18.7 Å². The molecule has 27 heavy (non-hydrogen) atoms. The first-order valence-electron chi connectivity index (χ1n) is 8.45. The number of ether oxygens (including phenoxy) is 1. The maximum atomic E-state index is 12.3. The van der Waals surface area contributed by atoms with Gasteiger partial charge in [-0.05, 0) is 38.1 Å². The van der Waals surface area contributed by atoms with Crippen molar-refractivity contribution < 1.29 is 17.9 Å². The van der Waals surface area contributed by atoms with Crippen LogP contribution in [0, 0.1) is 6.92 Å².